The molecule has 2 aromatic heterocycles. The SMILES string of the molecule is Cc1nn(-c2ccc(C(F)(F)F)cn2)cc1CN(C)C. The molecule has 0 aliphatic heterocycles. The molecule has 0 spiro atoms. The zero-order valence-electron chi connectivity index (χ0n) is 11.4. The third-order valence-corrected chi connectivity index (χ3v) is 2.80. The summed E-state index contributed by atoms with van der Waals surface area (Å²) in [5, 5.41) is 4.27. The van der Waals surface area contributed by atoms with Gasteiger partial charge < -0.3 is 4.90 Å². The molecule has 0 fully saturated rings. The van der Waals surface area contributed by atoms with E-state index in [0.717, 1.165) is 23.5 Å². The Morgan fingerprint density at radius 2 is 1.95 bits per heavy atom. The standard InChI is InChI=1S/C13H15F3N4/c1-9-10(7-19(2)3)8-20(18-9)12-5-4-11(6-17-12)13(14,15)16/h4-6,8H,7H2,1-3H3. The number of nitrogens with zero attached hydrogens (tertiary/aromatic N) is 4. The summed E-state index contributed by atoms with van der Waals surface area (Å²) in [6, 6.07) is 2.32. The van der Waals surface area contributed by atoms with Crippen LogP contribution in [-0.4, -0.2) is 33.8 Å². The van der Waals surface area contributed by atoms with E-state index in [-0.39, 0.29) is 0 Å². The molecule has 0 atom stereocenters. The summed E-state index contributed by atoms with van der Waals surface area (Å²) in [7, 11) is 3.88. The van der Waals surface area contributed by atoms with E-state index in [1.54, 1.807) is 6.20 Å². The number of aromatic nitrogens is 3. The smallest absolute Gasteiger partial charge is 0.305 e. The molecule has 0 aliphatic rings. The molecule has 0 aromatic carbocycles. The van der Waals surface area contributed by atoms with Crippen LogP contribution >= 0.6 is 0 Å². The van der Waals surface area contributed by atoms with Crippen molar-refractivity contribution in [2.75, 3.05) is 14.1 Å². The summed E-state index contributed by atoms with van der Waals surface area (Å²) in [5.74, 6) is 0.367. The Morgan fingerprint density at radius 1 is 1.25 bits per heavy atom. The van der Waals surface area contributed by atoms with E-state index < -0.39 is 11.7 Å². The van der Waals surface area contributed by atoms with Crippen LogP contribution in [0.1, 0.15) is 16.8 Å². The fraction of sp³-hybridized carbons (Fsp3) is 0.385. The first-order valence-electron chi connectivity index (χ1n) is 6.01. The summed E-state index contributed by atoms with van der Waals surface area (Å²) in [4.78, 5) is 5.81. The lowest BCUT2D eigenvalue weighted by atomic mass is 10.2. The molecule has 0 saturated heterocycles. The van der Waals surface area contributed by atoms with Gasteiger partial charge in [-0.1, -0.05) is 0 Å². The summed E-state index contributed by atoms with van der Waals surface area (Å²) in [5.41, 5.74) is 1.08. The molecule has 2 heterocycles. The molecule has 0 bridgehead atoms. The van der Waals surface area contributed by atoms with Crippen LogP contribution in [0.15, 0.2) is 24.5 Å². The minimum Gasteiger partial charge on any atom is -0.305 e. The van der Waals surface area contributed by atoms with Gasteiger partial charge in [-0.25, -0.2) is 9.67 Å². The van der Waals surface area contributed by atoms with Crippen LogP contribution in [0, 0.1) is 6.92 Å². The quantitative estimate of drug-likeness (QED) is 0.869. The van der Waals surface area contributed by atoms with Crippen molar-refractivity contribution in [1.82, 2.24) is 19.7 Å². The monoisotopic (exact) mass is 284 g/mol. The van der Waals surface area contributed by atoms with Crippen molar-refractivity contribution >= 4 is 0 Å². The molecule has 7 heteroatoms. The van der Waals surface area contributed by atoms with Gasteiger partial charge in [0.15, 0.2) is 5.82 Å². The van der Waals surface area contributed by atoms with Gasteiger partial charge in [0.25, 0.3) is 0 Å². The third kappa shape index (κ3) is 3.16. The van der Waals surface area contributed by atoms with Crippen LogP contribution < -0.4 is 0 Å². The first kappa shape index (κ1) is 14.5. The van der Waals surface area contributed by atoms with Gasteiger partial charge in [-0.15, -0.1) is 0 Å². The van der Waals surface area contributed by atoms with Crippen molar-refractivity contribution in [3.05, 3.63) is 41.3 Å². The molecule has 2 aromatic rings. The van der Waals surface area contributed by atoms with Crippen molar-refractivity contribution in [2.24, 2.45) is 0 Å². The lowest BCUT2D eigenvalue weighted by Gasteiger charge is -2.07. The fourth-order valence-electron chi connectivity index (χ4n) is 1.80. The van der Waals surface area contributed by atoms with Gasteiger partial charge in [0.2, 0.25) is 0 Å². The van der Waals surface area contributed by atoms with Crippen LogP contribution in [-0.2, 0) is 12.7 Å². The van der Waals surface area contributed by atoms with Crippen molar-refractivity contribution in [1.29, 1.82) is 0 Å². The highest BCUT2D eigenvalue weighted by Gasteiger charge is 2.30. The maximum absolute atomic E-state index is 12.5. The van der Waals surface area contributed by atoms with Gasteiger partial charge in [0.05, 0.1) is 11.3 Å². The van der Waals surface area contributed by atoms with Crippen LogP contribution in [0.5, 0.6) is 0 Å². The number of hydrogen-bond donors (Lipinski definition) is 0. The number of pyridine rings is 1. The Morgan fingerprint density at radius 3 is 2.45 bits per heavy atom. The molecule has 0 radical (unpaired) electrons. The minimum absolute atomic E-state index is 0.367. The largest absolute Gasteiger partial charge is 0.417 e. The predicted molar refractivity (Wildman–Crippen MR) is 68.5 cm³/mol. The van der Waals surface area contributed by atoms with Crippen molar-refractivity contribution in [3.8, 4) is 5.82 Å². The molecule has 0 N–H and O–H groups in total. The molecule has 0 amide bonds. The van der Waals surface area contributed by atoms with E-state index in [1.807, 2.05) is 25.9 Å². The first-order valence-corrected chi connectivity index (χ1v) is 6.01. The highest BCUT2D eigenvalue weighted by atomic mass is 19.4. The highest BCUT2D eigenvalue weighted by Crippen LogP contribution is 2.28. The summed E-state index contributed by atoms with van der Waals surface area (Å²) >= 11 is 0. The van der Waals surface area contributed by atoms with Gasteiger partial charge in [-0.05, 0) is 33.2 Å². The predicted octanol–water partition coefficient (Wildman–Crippen LogP) is 2.66. The molecule has 20 heavy (non-hydrogen) atoms. The van der Waals surface area contributed by atoms with E-state index >= 15 is 0 Å². The second-order valence-electron chi connectivity index (χ2n) is 4.82. The number of halogens is 3. The number of alkyl halides is 3. The Hall–Kier alpha value is -1.89. The van der Waals surface area contributed by atoms with Crippen molar-refractivity contribution in [2.45, 2.75) is 19.6 Å². The zero-order chi connectivity index (χ0) is 14.9. The first-order chi connectivity index (χ1) is 9.27. The van der Waals surface area contributed by atoms with Gasteiger partial charge in [-0.3, -0.25) is 0 Å². The fourth-order valence-corrected chi connectivity index (χ4v) is 1.80. The lowest BCUT2D eigenvalue weighted by Crippen LogP contribution is -2.10. The topological polar surface area (TPSA) is 34.0 Å². The summed E-state index contributed by atoms with van der Waals surface area (Å²) in [6.07, 6.45) is -1.77. The van der Waals surface area contributed by atoms with Crippen LogP contribution in [0.3, 0.4) is 0 Å². The summed E-state index contributed by atoms with van der Waals surface area (Å²) in [6.45, 7) is 2.58. The van der Waals surface area contributed by atoms with Gasteiger partial charge in [0.1, 0.15) is 0 Å². The number of aryl methyl sites for hydroxylation is 1. The maximum atomic E-state index is 12.5. The molecule has 4 nitrogen and oxygen atoms in total. The van der Waals surface area contributed by atoms with E-state index in [9.17, 15) is 13.2 Å². The Kier molecular flexibility index (Phi) is 3.80. The van der Waals surface area contributed by atoms with E-state index in [1.165, 1.54) is 10.7 Å². The molecule has 108 valence electrons. The lowest BCUT2D eigenvalue weighted by molar-refractivity contribution is -0.137. The van der Waals surface area contributed by atoms with Crippen molar-refractivity contribution in [3.63, 3.8) is 0 Å². The van der Waals surface area contributed by atoms with Gasteiger partial charge >= 0.3 is 6.18 Å². The zero-order valence-corrected chi connectivity index (χ0v) is 11.4. The Bertz CT molecular complexity index is 585. The summed E-state index contributed by atoms with van der Waals surface area (Å²) < 4.78 is 38.9. The second-order valence-corrected chi connectivity index (χ2v) is 4.82. The van der Waals surface area contributed by atoms with Crippen molar-refractivity contribution < 1.29 is 13.2 Å². The average molecular weight is 284 g/mol. The van der Waals surface area contributed by atoms with E-state index in [0.29, 0.717) is 12.4 Å². The number of rotatable bonds is 3. The van der Waals surface area contributed by atoms with Gasteiger partial charge in [0, 0.05) is 24.5 Å². The molecule has 0 saturated carbocycles. The Labute approximate surface area is 114 Å². The van der Waals surface area contributed by atoms with Crippen LogP contribution in [0.25, 0.3) is 5.82 Å². The molecule has 2 rings (SSSR count). The molecular weight excluding hydrogens is 269 g/mol. The molecular formula is C13H15F3N4. The van der Waals surface area contributed by atoms with Gasteiger partial charge in [-0.2, -0.15) is 18.3 Å². The van der Waals surface area contributed by atoms with E-state index in [4.69, 9.17) is 0 Å². The number of hydrogen-bond acceptors (Lipinski definition) is 3. The molecule has 0 unspecified atom stereocenters. The minimum atomic E-state index is -4.37. The third-order valence-electron chi connectivity index (χ3n) is 2.80. The average Bonchev–Trinajstić information content (AvgIpc) is 2.69. The van der Waals surface area contributed by atoms with Crippen LogP contribution in [0.2, 0.25) is 0 Å². The highest BCUT2D eigenvalue weighted by molar-refractivity contribution is 5.28. The van der Waals surface area contributed by atoms with E-state index in [2.05, 4.69) is 10.1 Å². The normalized spacial score (nSPS) is 12.2. The Balaban J connectivity index is 2.28. The van der Waals surface area contributed by atoms with Crippen LogP contribution in [0.4, 0.5) is 13.2 Å². The molecule has 0 aliphatic carbocycles. The maximum Gasteiger partial charge on any atom is 0.417 e. The second kappa shape index (κ2) is 5.24.